The molecule has 2 aliphatic rings. The van der Waals surface area contributed by atoms with Gasteiger partial charge in [-0.1, -0.05) is 44.9 Å². The number of rotatable bonds is 4. The lowest BCUT2D eigenvalue weighted by atomic mass is 9.78. The maximum Gasteiger partial charge on any atom is 0.268 e. The monoisotopic (exact) mass is 415 g/mol. The number of para-hydroxylation sites is 1. The molecule has 0 radical (unpaired) electrons. The van der Waals surface area contributed by atoms with Crippen LogP contribution in [0.1, 0.15) is 49.2 Å². The van der Waals surface area contributed by atoms with Gasteiger partial charge in [0, 0.05) is 25.8 Å². The third-order valence-electron chi connectivity index (χ3n) is 6.67. The molecular weight excluding hydrogens is 386 g/mol. The minimum absolute atomic E-state index is 0.131. The highest BCUT2D eigenvalue weighted by atomic mass is 32.2. The van der Waals surface area contributed by atoms with Crippen LogP contribution in [0.2, 0.25) is 0 Å². The van der Waals surface area contributed by atoms with Crippen LogP contribution in [0.3, 0.4) is 0 Å². The van der Waals surface area contributed by atoms with Crippen molar-refractivity contribution in [3.8, 4) is 0 Å². The zero-order valence-corrected chi connectivity index (χ0v) is 18.1. The van der Waals surface area contributed by atoms with Gasteiger partial charge in [0.2, 0.25) is 0 Å². The topological polar surface area (TPSA) is 71.4 Å². The van der Waals surface area contributed by atoms with Crippen LogP contribution in [0.25, 0.3) is 0 Å². The molecular formula is C22H29N3O3S. The van der Waals surface area contributed by atoms with Gasteiger partial charge in [0.05, 0.1) is 5.69 Å². The number of sulfonamides is 1. The number of fused-ring (bicyclic) bond motifs is 1. The number of carbonyl (C=O) groups is 1. The zero-order chi connectivity index (χ0) is 20.8. The Labute approximate surface area is 173 Å². The van der Waals surface area contributed by atoms with E-state index in [0.717, 1.165) is 24.1 Å². The number of carbonyl (C=O) groups excluding carboxylic acids is 1. The summed E-state index contributed by atoms with van der Waals surface area (Å²) in [7, 11) is -1.99. The van der Waals surface area contributed by atoms with Crippen molar-refractivity contribution in [1.82, 2.24) is 9.88 Å². The molecule has 2 heterocycles. The van der Waals surface area contributed by atoms with Crippen molar-refractivity contribution in [2.24, 2.45) is 18.9 Å². The first-order valence-electron chi connectivity index (χ1n) is 10.4. The number of nitrogens with zero attached hydrogens (tertiary/aromatic N) is 2. The third kappa shape index (κ3) is 3.56. The lowest BCUT2D eigenvalue weighted by molar-refractivity contribution is 0.0883. The Kier molecular flexibility index (Phi) is 5.19. The van der Waals surface area contributed by atoms with E-state index in [1.54, 1.807) is 11.6 Å². The molecule has 0 saturated heterocycles. The Bertz CT molecular complexity index is 1030. The molecule has 29 heavy (non-hydrogen) atoms. The van der Waals surface area contributed by atoms with E-state index in [1.165, 1.54) is 23.0 Å². The molecule has 1 aromatic heterocycles. The van der Waals surface area contributed by atoms with Crippen LogP contribution in [0.5, 0.6) is 0 Å². The first kappa shape index (κ1) is 20.0. The average Bonchev–Trinajstić information content (AvgIpc) is 3.30. The van der Waals surface area contributed by atoms with E-state index in [2.05, 4.69) is 19.2 Å². The Morgan fingerprint density at radius 1 is 1.17 bits per heavy atom. The highest BCUT2D eigenvalue weighted by Gasteiger charge is 2.33. The normalized spacial score (nSPS) is 24.4. The largest absolute Gasteiger partial charge is 0.348 e. The minimum Gasteiger partial charge on any atom is -0.348 e. The molecule has 1 fully saturated rings. The van der Waals surface area contributed by atoms with Gasteiger partial charge < -0.3 is 9.88 Å². The molecule has 0 bridgehead atoms. The Balaban J connectivity index is 1.57. The maximum atomic E-state index is 13.3. The van der Waals surface area contributed by atoms with Crippen LogP contribution in [0.4, 0.5) is 5.69 Å². The van der Waals surface area contributed by atoms with Crippen molar-refractivity contribution in [3.05, 3.63) is 47.8 Å². The number of amides is 1. The second-order valence-corrected chi connectivity index (χ2v) is 10.3. The van der Waals surface area contributed by atoms with E-state index in [1.807, 2.05) is 24.3 Å². The summed E-state index contributed by atoms with van der Waals surface area (Å²) >= 11 is 0. The number of benzene rings is 1. The number of aryl methyl sites for hydroxylation is 1. The van der Waals surface area contributed by atoms with Crippen molar-refractivity contribution in [2.45, 2.75) is 50.5 Å². The average molecular weight is 416 g/mol. The van der Waals surface area contributed by atoms with Crippen molar-refractivity contribution in [2.75, 3.05) is 10.8 Å². The van der Waals surface area contributed by atoms with Crippen LogP contribution in [0, 0.1) is 11.8 Å². The maximum absolute atomic E-state index is 13.3. The molecule has 7 heteroatoms. The molecule has 2 aromatic rings. The summed E-state index contributed by atoms with van der Waals surface area (Å²) in [6.45, 7) is 4.83. The second kappa shape index (κ2) is 7.52. The molecule has 1 aromatic carbocycles. The van der Waals surface area contributed by atoms with Crippen LogP contribution in [-0.2, 0) is 23.5 Å². The van der Waals surface area contributed by atoms with Crippen LogP contribution in [-0.4, -0.2) is 31.5 Å². The van der Waals surface area contributed by atoms with E-state index in [9.17, 15) is 13.2 Å². The lowest BCUT2D eigenvalue weighted by Crippen LogP contribution is -2.44. The lowest BCUT2D eigenvalue weighted by Gasteiger charge is -2.34. The fraction of sp³-hybridized carbons (Fsp3) is 0.500. The Morgan fingerprint density at radius 2 is 1.93 bits per heavy atom. The van der Waals surface area contributed by atoms with E-state index >= 15 is 0 Å². The SMILES string of the molecule is C[C@@H]1[C@H](C)CCC[C@H]1NC(=O)c1cc(S(=O)(=O)N2CCc3ccccc32)cn1C. The molecule has 1 aliphatic carbocycles. The van der Waals surface area contributed by atoms with Gasteiger partial charge in [0.25, 0.3) is 15.9 Å². The van der Waals surface area contributed by atoms with E-state index in [0.29, 0.717) is 30.5 Å². The predicted octanol–water partition coefficient (Wildman–Crippen LogP) is 3.33. The molecule has 1 amide bonds. The van der Waals surface area contributed by atoms with Gasteiger partial charge in [-0.05, 0) is 42.4 Å². The molecule has 1 N–H and O–H groups in total. The van der Waals surface area contributed by atoms with Gasteiger partial charge in [0.1, 0.15) is 10.6 Å². The summed E-state index contributed by atoms with van der Waals surface area (Å²) in [5.41, 5.74) is 2.14. The summed E-state index contributed by atoms with van der Waals surface area (Å²) in [6.07, 6.45) is 5.51. The van der Waals surface area contributed by atoms with Crippen molar-refractivity contribution < 1.29 is 13.2 Å². The van der Waals surface area contributed by atoms with Crippen molar-refractivity contribution in [1.29, 1.82) is 0 Å². The third-order valence-corrected chi connectivity index (χ3v) is 8.45. The number of aromatic nitrogens is 1. The quantitative estimate of drug-likeness (QED) is 0.833. The molecule has 0 spiro atoms. The second-order valence-electron chi connectivity index (χ2n) is 8.48. The molecule has 0 unspecified atom stereocenters. The highest BCUT2D eigenvalue weighted by molar-refractivity contribution is 7.92. The molecule has 4 rings (SSSR count). The molecule has 156 valence electrons. The smallest absolute Gasteiger partial charge is 0.268 e. The summed E-state index contributed by atoms with van der Waals surface area (Å²) in [5, 5.41) is 3.14. The van der Waals surface area contributed by atoms with Gasteiger partial charge in [0.15, 0.2) is 0 Å². The van der Waals surface area contributed by atoms with E-state index < -0.39 is 10.0 Å². The number of anilines is 1. The van der Waals surface area contributed by atoms with Gasteiger partial charge in [-0.3, -0.25) is 9.10 Å². The van der Waals surface area contributed by atoms with Crippen LogP contribution >= 0.6 is 0 Å². The Morgan fingerprint density at radius 3 is 2.72 bits per heavy atom. The predicted molar refractivity (Wildman–Crippen MR) is 114 cm³/mol. The van der Waals surface area contributed by atoms with Gasteiger partial charge >= 0.3 is 0 Å². The fourth-order valence-corrected chi connectivity index (χ4v) is 6.19. The summed E-state index contributed by atoms with van der Waals surface area (Å²) in [5.74, 6) is 0.785. The fourth-order valence-electron chi connectivity index (χ4n) is 4.61. The van der Waals surface area contributed by atoms with E-state index in [4.69, 9.17) is 0 Å². The summed E-state index contributed by atoms with van der Waals surface area (Å²) in [6, 6.07) is 9.20. The van der Waals surface area contributed by atoms with Gasteiger partial charge in [-0.15, -0.1) is 0 Å². The molecule has 6 nitrogen and oxygen atoms in total. The van der Waals surface area contributed by atoms with Crippen molar-refractivity contribution >= 4 is 21.6 Å². The number of nitrogens with one attached hydrogen (secondary N) is 1. The zero-order valence-electron chi connectivity index (χ0n) is 17.3. The van der Waals surface area contributed by atoms with Gasteiger partial charge in [-0.2, -0.15) is 0 Å². The molecule has 3 atom stereocenters. The van der Waals surface area contributed by atoms with Crippen molar-refractivity contribution in [3.63, 3.8) is 0 Å². The minimum atomic E-state index is -3.71. The summed E-state index contributed by atoms with van der Waals surface area (Å²) in [4.78, 5) is 13.1. The Hall–Kier alpha value is -2.28. The molecule has 1 aliphatic heterocycles. The molecule has 1 saturated carbocycles. The van der Waals surface area contributed by atoms with Crippen LogP contribution in [0.15, 0.2) is 41.4 Å². The number of hydrogen-bond acceptors (Lipinski definition) is 3. The van der Waals surface area contributed by atoms with Gasteiger partial charge in [-0.25, -0.2) is 8.42 Å². The first-order chi connectivity index (χ1) is 13.8. The number of hydrogen-bond donors (Lipinski definition) is 1. The highest BCUT2D eigenvalue weighted by Crippen LogP contribution is 2.33. The van der Waals surface area contributed by atoms with E-state index in [-0.39, 0.29) is 16.8 Å². The first-order valence-corrected chi connectivity index (χ1v) is 11.8. The van der Waals surface area contributed by atoms with Crippen LogP contribution < -0.4 is 9.62 Å². The summed E-state index contributed by atoms with van der Waals surface area (Å²) < 4.78 is 29.6. The standard InChI is InChI=1S/C22H29N3O3S/c1-15-7-6-9-19(16(15)2)23-22(26)21-13-18(14-24(21)3)29(27,28)25-12-11-17-8-4-5-10-20(17)25/h4-5,8,10,13-16,19H,6-7,9,11-12H2,1-3H3,(H,23,26)/t15-,16-,19-/m1/s1.